The summed E-state index contributed by atoms with van der Waals surface area (Å²) in [6.07, 6.45) is 0.247. The molecule has 182 valence electrons. The van der Waals surface area contributed by atoms with E-state index in [0.717, 1.165) is 22.0 Å². The second kappa shape index (κ2) is 8.75. The Balaban J connectivity index is 2.08. The van der Waals surface area contributed by atoms with Crippen molar-refractivity contribution in [2.45, 2.75) is 72.4 Å². The highest BCUT2D eigenvalue weighted by molar-refractivity contribution is 7.00. The van der Waals surface area contributed by atoms with E-state index in [1.54, 1.807) is 0 Å². The zero-order valence-electron chi connectivity index (χ0n) is 25.2. The van der Waals surface area contributed by atoms with Crippen LogP contribution < -0.4 is 14.9 Å². The van der Waals surface area contributed by atoms with Gasteiger partial charge in [0.05, 0.1) is 12.3 Å². The van der Waals surface area contributed by atoms with Crippen molar-refractivity contribution in [3.05, 3.63) is 89.6 Å². The van der Waals surface area contributed by atoms with Gasteiger partial charge in [-0.25, -0.2) is 4.57 Å². The lowest BCUT2D eigenvalue weighted by Crippen LogP contribution is -2.52. The molecule has 0 amide bonds. The molecular weight excluding hydrogens is 438 g/mol. The van der Waals surface area contributed by atoms with Crippen molar-refractivity contribution >= 4 is 29.2 Å². The number of fused-ring (bicyclic) bond motifs is 1. The van der Waals surface area contributed by atoms with Crippen LogP contribution in [0.15, 0.2) is 72.9 Å². The lowest BCUT2D eigenvalue weighted by atomic mass is 9.76. The number of hydrogen-bond acceptors (Lipinski definition) is 0. The highest BCUT2D eigenvalue weighted by atomic mass is 28.3. The summed E-state index contributed by atoms with van der Waals surface area (Å²) in [6, 6.07) is 22.4. The Bertz CT molecular complexity index is 1490. The smallest absolute Gasteiger partial charge is 0.200 e. The lowest BCUT2D eigenvalue weighted by molar-refractivity contribution is -0.659. The van der Waals surface area contributed by atoms with E-state index in [1.165, 1.54) is 27.1 Å². The molecule has 0 aliphatic carbocycles. The molecule has 1 aromatic heterocycles. The van der Waals surface area contributed by atoms with Gasteiger partial charge in [-0.15, -0.1) is 0 Å². The molecule has 4 aromatic rings. The molecule has 4 rings (SSSR count). The number of nitrogens with zero attached hydrogens (tertiary/aromatic N) is 1. The first kappa shape index (κ1) is 22.7. The van der Waals surface area contributed by atoms with Crippen molar-refractivity contribution in [1.29, 1.82) is 0 Å². The van der Waals surface area contributed by atoms with Gasteiger partial charge in [-0.1, -0.05) is 114 Å². The van der Waals surface area contributed by atoms with Gasteiger partial charge in [-0.05, 0) is 52.0 Å². The van der Waals surface area contributed by atoms with Gasteiger partial charge in [0.2, 0.25) is 5.69 Å². The third-order valence-corrected chi connectivity index (χ3v) is 11.1. The van der Waals surface area contributed by atoms with E-state index in [9.17, 15) is 0 Å². The molecule has 0 saturated carbocycles. The maximum atomic E-state index is 8.94. The third kappa shape index (κ3) is 4.73. The monoisotopic (exact) mass is 482 g/mol. The normalized spacial score (nSPS) is 13.7. The minimum Gasteiger partial charge on any atom is -0.200 e. The van der Waals surface area contributed by atoms with Gasteiger partial charge in [0.25, 0.3) is 0 Å². The fourth-order valence-electron chi connectivity index (χ4n) is 5.14. The highest BCUT2D eigenvalue weighted by Crippen LogP contribution is 2.38. The van der Waals surface area contributed by atoms with E-state index >= 15 is 0 Å². The molecule has 3 aromatic carbocycles. The van der Waals surface area contributed by atoms with Gasteiger partial charge >= 0.3 is 0 Å². The van der Waals surface area contributed by atoms with Crippen LogP contribution >= 0.6 is 0 Å². The Morgan fingerprint density at radius 2 is 1.46 bits per heavy atom. The summed E-state index contributed by atoms with van der Waals surface area (Å²) in [5, 5.41) is 4.57. The predicted octanol–water partition coefficient (Wildman–Crippen LogP) is 7.06. The molecule has 1 nitrogen and oxygen atoms in total. The van der Waals surface area contributed by atoms with Crippen molar-refractivity contribution in [2.75, 3.05) is 0 Å². The summed E-state index contributed by atoms with van der Waals surface area (Å²) < 4.78 is 19.8. The number of aromatic nitrogens is 1. The fraction of sp³-hybridized carbons (Fsp3) is 0.364. The molecule has 35 heavy (non-hydrogen) atoms. The number of hydrogen-bond donors (Lipinski definition) is 0. The maximum absolute atomic E-state index is 8.94. The van der Waals surface area contributed by atoms with Crippen molar-refractivity contribution in [1.82, 2.24) is 0 Å². The Morgan fingerprint density at radius 1 is 0.800 bits per heavy atom. The first-order valence-corrected chi connectivity index (χ1v) is 15.7. The second-order valence-corrected chi connectivity index (χ2v) is 17.0. The largest absolute Gasteiger partial charge is 0.220 e. The fourth-order valence-corrected chi connectivity index (χ4v) is 7.51. The van der Waals surface area contributed by atoms with Crippen LogP contribution in [0.25, 0.3) is 22.0 Å². The number of rotatable bonds is 3. The molecule has 1 heterocycles. The van der Waals surface area contributed by atoms with E-state index in [0.29, 0.717) is 6.04 Å². The topological polar surface area (TPSA) is 3.88 Å². The second-order valence-electron chi connectivity index (χ2n) is 12.6. The summed E-state index contributed by atoms with van der Waals surface area (Å²) in [5.41, 5.74) is 6.04. The summed E-state index contributed by atoms with van der Waals surface area (Å²) >= 11 is 0. The average Bonchev–Trinajstić information content (AvgIpc) is 2.82. The maximum Gasteiger partial charge on any atom is 0.220 e. The van der Waals surface area contributed by atoms with Crippen molar-refractivity contribution in [2.24, 2.45) is 7.05 Å². The molecule has 0 atom stereocenters. The number of pyridine rings is 1. The molecule has 0 bridgehead atoms. The Labute approximate surface area is 216 Å². The number of benzene rings is 3. The zero-order chi connectivity index (χ0) is 27.5. The summed E-state index contributed by atoms with van der Waals surface area (Å²) in [5.74, 6) is 0. The molecule has 0 aliphatic rings. The molecule has 0 fully saturated rings. The van der Waals surface area contributed by atoms with Crippen LogP contribution in [0.3, 0.4) is 0 Å². The van der Waals surface area contributed by atoms with E-state index in [4.69, 9.17) is 2.74 Å². The quantitative estimate of drug-likeness (QED) is 0.217. The van der Waals surface area contributed by atoms with Crippen molar-refractivity contribution in [3.63, 3.8) is 0 Å². The van der Waals surface area contributed by atoms with Crippen LogP contribution in [0.1, 0.15) is 61.0 Å². The first-order valence-electron chi connectivity index (χ1n) is 13.7. The summed E-state index contributed by atoms with van der Waals surface area (Å²) in [7, 11) is -0.0170. The molecule has 0 N–H and O–H groups in total. The van der Waals surface area contributed by atoms with Crippen LogP contribution in [0, 0.1) is 6.92 Å². The SMILES string of the molecule is [2H]c1c([2H])[n+](C)c(-c2cc(C(C)(C)C)cc(C(C)(C)C)c2C)c2ccc([Si](C)(C)c3ccccc3)cc12. The third-order valence-electron chi connectivity index (χ3n) is 7.52. The van der Waals surface area contributed by atoms with Gasteiger partial charge in [0, 0.05) is 6.04 Å². The molecule has 0 aliphatic heterocycles. The van der Waals surface area contributed by atoms with Crippen LogP contribution in [0.5, 0.6) is 0 Å². The van der Waals surface area contributed by atoms with Crippen molar-refractivity contribution < 1.29 is 7.31 Å². The van der Waals surface area contributed by atoms with Crippen LogP contribution in [0.2, 0.25) is 13.1 Å². The van der Waals surface area contributed by atoms with Crippen LogP contribution in [-0.4, -0.2) is 8.07 Å². The molecule has 0 unspecified atom stereocenters. The van der Waals surface area contributed by atoms with Crippen LogP contribution in [0.4, 0.5) is 0 Å². The minimum absolute atomic E-state index is 0.00550. The Kier molecular flexibility index (Phi) is 5.68. The molecule has 2 heteroatoms. The lowest BCUT2D eigenvalue weighted by Gasteiger charge is -2.28. The van der Waals surface area contributed by atoms with E-state index < -0.39 is 8.07 Å². The van der Waals surface area contributed by atoms with Crippen LogP contribution in [-0.2, 0) is 17.9 Å². The van der Waals surface area contributed by atoms with Gasteiger partial charge in [-0.2, -0.15) is 0 Å². The van der Waals surface area contributed by atoms with Gasteiger partial charge in [0.15, 0.2) is 6.17 Å². The average molecular weight is 483 g/mol. The Hall–Kier alpha value is -2.71. The van der Waals surface area contributed by atoms with Gasteiger partial charge in [-0.3, -0.25) is 0 Å². The van der Waals surface area contributed by atoms with Crippen molar-refractivity contribution in [3.8, 4) is 11.3 Å². The van der Waals surface area contributed by atoms with E-state index in [2.05, 4.69) is 122 Å². The molecular formula is C33H42NSi+. The minimum atomic E-state index is -1.95. The predicted molar refractivity (Wildman–Crippen MR) is 156 cm³/mol. The Morgan fingerprint density at radius 3 is 2.06 bits per heavy atom. The van der Waals surface area contributed by atoms with E-state index in [-0.39, 0.29) is 17.0 Å². The standard InChI is InChI=1S/C33H42NSi/c1-23-29(21-25(32(2,3)4)22-30(23)33(5,6)7)31-28-17-16-27(20-24(28)18-19-34(31)8)35(9,10)26-14-12-11-13-15-26/h11-22H,1-10H3/q+1/i18D,19D. The summed E-state index contributed by atoms with van der Waals surface area (Å²) in [4.78, 5) is 0. The zero-order valence-corrected chi connectivity index (χ0v) is 24.2. The van der Waals surface area contributed by atoms with Gasteiger partial charge in [0.1, 0.15) is 16.5 Å². The van der Waals surface area contributed by atoms with Gasteiger partial charge < -0.3 is 0 Å². The van der Waals surface area contributed by atoms with E-state index in [1.807, 2.05) is 11.6 Å². The summed E-state index contributed by atoms with van der Waals surface area (Å²) in [6.45, 7) is 20.5. The highest BCUT2D eigenvalue weighted by Gasteiger charge is 2.29. The molecule has 0 saturated heterocycles. The first-order chi connectivity index (χ1) is 17.0. The molecule has 0 spiro atoms. The molecule has 0 radical (unpaired) electrons.